The zero-order valence-corrected chi connectivity index (χ0v) is 22.4. The summed E-state index contributed by atoms with van der Waals surface area (Å²) in [6.07, 6.45) is 7.62. The summed E-state index contributed by atoms with van der Waals surface area (Å²) in [5.74, 6) is 1.15. The van der Waals surface area contributed by atoms with E-state index in [0.29, 0.717) is 31.0 Å². The van der Waals surface area contributed by atoms with Gasteiger partial charge in [-0.3, -0.25) is 4.79 Å². The van der Waals surface area contributed by atoms with Gasteiger partial charge < -0.3 is 20.9 Å². The first kappa shape index (κ1) is 29.7. The molecule has 7 heteroatoms. The van der Waals surface area contributed by atoms with E-state index < -0.39 is 0 Å². The topological polar surface area (TPSA) is 110 Å². The maximum absolute atomic E-state index is 10.7. The van der Waals surface area contributed by atoms with Gasteiger partial charge in [0, 0.05) is 12.1 Å². The molecule has 1 unspecified atom stereocenters. The van der Waals surface area contributed by atoms with Crippen LogP contribution in [-0.2, 0) is 11.2 Å². The van der Waals surface area contributed by atoms with Crippen molar-refractivity contribution in [3.8, 4) is 5.88 Å². The molecule has 0 aliphatic heterocycles. The third-order valence-corrected chi connectivity index (χ3v) is 5.68. The van der Waals surface area contributed by atoms with Crippen LogP contribution in [0.4, 0.5) is 0 Å². The molecule has 0 aliphatic rings. The highest BCUT2D eigenvalue weighted by Gasteiger charge is 2.14. The summed E-state index contributed by atoms with van der Waals surface area (Å²) in [7, 11) is 0. The first-order valence-corrected chi connectivity index (χ1v) is 12.9. The van der Waals surface area contributed by atoms with E-state index in [4.69, 9.17) is 20.4 Å². The van der Waals surface area contributed by atoms with Crippen LogP contribution < -0.4 is 15.8 Å². The second kappa shape index (κ2) is 16.2. The number of nitrogens with zero attached hydrogens (tertiary/aromatic N) is 2. The molecule has 4 N–H and O–H groups in total. The first-order chi connectivity index (χ1) is 18.0. The molecule has 37 heavy (non-hydrogen) atoms. The number of carbonyl (C=O) groups excluding carboxylic acids is 1. The Morgan fingerprint density at radius 2 is 1.81 bits per heavy atom. The molecule has 1 heterocycles. The van der Waals surface area contributed by atoms with Crippen LogP contribution in [0.25, 0.3) is 17.0 Å². The van der Waals surface area contributed by atoms with Crippen LogP contribution in [0.5, 0.6) is 5.88 Å². The number of benzene rings is 2. The molecule has 2 aromatic carbocycles. The Labute approximate surface area is 220 Å². The molecule has 1 aromatic heterocycles. The first-order valence-electron chi connectivity index (χ1n) is 12.9. The Morgan fingerprint density at radius 1 is 1.11 bits per heavy atom. The zero-order valence-electron chi connectivity index (χ0n) is 22.4. The molecule has 0 aliphatic carbocycles. The maximum atomic E-state index is 10.7. The molecular weight excluding hydrogens is 464 g/mol. The molecule has 0 bridgehead atoms. The molecule has 7 nitrogen and oxygen atoms in total. The Kier molecular flexibility index (Phi) is 13.0. The van der Waals surface area contributed by atoms with Crippen molar-refractivity contribution >= 4 is 23.4 Å². The number of rotatable bonds is 12. The van der Waals surface area contributed by atoms with Gasteiger partial charge in [-0.25, -0.2) is 4.98 Å². The quantitative estimate of drug-likeness (QED) is 0.232. The molecule has 0 saturated heterocycles. The third kappa shape index (κ3) is 9.44. The number of hydrogen-bond acceptors (Lipinski definition) is 6. The van der Waals surface area contributed by atoms with E-state index in [1.54, 1.807) is 0 Å². The van der Waals surface area contributed by atoms with Gasteiger partial charge in [-0.15, -0.1) is 0 Å². The molecule has 3 aromatic rings. The van der Waals surface area contributed by atoms with Crippen molar-refractivity contribution in [2.75, 3.05) is 13.2 Å². The fraction of sp³-hybridized carbons (Fsp3) is 0.367. The fourth-order valence-electron chi connectivity index (χ4n) is 3.53. The van der Waals surface area contributed by atoms with Gasteiger partial charge in [0.2, 0.25) is 12.3 Å². The monoisotopic (exact) mass is 504 g/mol. The lowest BCUT2D eigenvalue weighted by Gasteiger charge is -2.16. The minimum Gasteiger partial charge on any atom is -0.471 e. The molecule has 1 atom stereocenters. The number of ether oxygens (including phenoxy) is 1. The average molecular weight is 505 g/mol. The standard InChI is InChI=1S/C27H31N3O3.C3H9N/c1-4-20(14-19(3)28-18-32)15-21-10-6-7-11-22(21)16-26-29-25-13-9-8-12-24(25)27(30-26)33-23(5-2)17-31;1-2-3-4/h6-15,18,23,31H,4-5,16-17H2,1-3H3,(H,28,32);2-4H2,1H3/b19-14+,20-15-;. The summed E-state index contributed by atoms with van der Waals surface area (Å²) in [6.45, 7) is 8.73. The van der Waals surface area contributed by atoms with Gasteiger partial charge in [-0.1, -0.05) is 63.2 Å². The van der Waals surface area contributed by atoms with Crippen LogP contribution in [-0.4, -0.2) is 40.7 Å². The Morgan fingerprint density at radius 3 is 2.46 bits per heavy atom. The predicted octanol–water partition coefficient (Wildman–Crippen LogP) is 5.17. The Balaban J connectivity index is 0.00000112. The van der Waals surface area contributed by atoms with Crippen LogP contribution in [0.1, 0.15) is 63.9 Å². The number of fused-ring (bicyclic) bond motifs is 1. The van der Waals surface area contributed by atoms with Crippen LogP contribution in [0.15, 0.2) is 65.9 Å². The fourth-order valence-corrected chi connectivity index (χ4v) is 3.53. The van der Waals surface area contributed by atoms with Crippen molar-refractivity contribution in [3.05, 3.63) is 82.8 Å². The second-order valence-corrected chi connectivity index (χ2v) is 8.62. The normalized spacial score (nSPS) is 12.5. The van der Waals surface area contributed by atoms with E-state index in [-0.39, 0.29) is 12.7 Å². The Hall–Kier alpha value is -3.55. The number of hydrogen-bond donors (Lipinski definition) is 3. The molecule has 1 amide bonds. The number of aromatic nitrogens is 2. The van der Waals surface area contributed by atoms with Crippen LogP contribution in [0.3, 0.4) is 0 Å². The number of para-hydroxylation sites is 1. The number of nitrogens with one attached hydrogen (secondary N) is 1. The molecule has 198 valence electrons. The van der Waals surface area contributed by atoms with E-state index in [0.717, 1.165) is 52.7 Å². The predicted molar refractivity (Wildman–Crippen MR) is 151 cm³/mol. The molecule has 0 fully saturated rings. The molecule has 0 radical (unpaired) electrons. The number of allylic oxidation sites excluding steroid dienone is 3. The van der Waals surface area contributed by atoms with Crippen molar-refractivity contribution < 1.29 is 14.6 Å². The summed E-state index contributed by atoms with van der Waals surface area (Å²) in [5.41, 5.74) is 9.90. The van der Waals surface area contributed by atoms with Crippen molar-refractivity contribution in [3.63, 3.8) is 0 Å². The molecule has 0 saturated carbocycles. The summed E-state index contributed by atoms with van der Waals surface area (Å²) in [6, 6.07) is 15.9. The van der Waals surface area contributed by atoms with Gasteiger partial charge in [0.15, 0.2) is 0 Å². The highest BCUT2D eigenvalue weighted by Crippen LogP contribution is 2.26. The molecule has 3 rings (SSSR count). The van der Waals surface area contributed by atoms with E-state index in [1.807, 2.05) is 56.3 Å². The molecule has 0 spiro atoms. The number of amides is 1. The maximum Gasteiger partial charge on any atom is 0.225 e. The van der Waals surface area contributed by atoms with Crippen LogP contribution in [0.2, 0.25) is 0 Å². The van der Waals surface area contributed by atoms with Gasteiger partial charge in [0.1, 0.15) is 11.9 Å². The van der Waals surface area contributed by atoms with E-state index in [1.165, 1.54) is 0 Å². The van der Waals surface area contributed by atoms with Crippen molar-refractivity contribution in [2.45, 2.75) is 59.5 Å². The number of aliphatic hydroxyl groups is 1. The number of aliphatic hydroxyl groups excluding tert-OH is 1. The highest BCUT2D eigenvalue weighted by atomic mass is 16.5. The SMILES string of the molecule is CCC(=C/c1ccccc1Cc1nc(OC(CC)CO)c2ccccc2n1)/C=C(\C)NC=O.CCCN. The smallest absolute Gasteiger partial charge is 0.225 e. The van der Waals surface area contributed by atoms with Crippen LogP contribution >= 0.6 is 0 Å². The summed E-state index contributed by atoms with van der Waals surface area (Å²) >= 11 is 0. The number of nitrogens with two attached hydrogens (primary N) is 1. The van der Waals surface area contributed by atoms with Gasteiger partial charge in [0.05, 0.1) is 17.5 Å². The lowest BCUT2D eigenvalue weighted by Crippen LogP contribution is -2.21. The highest BCUT2D eigenvalue weighted by molar-refractivity contribution is 5.83. The molecular formula is C30H40N4O3. The summed E-state index contributed by atoms with van der Waals surface area (Å²) in [5, 5.41) is 13.1. The van der Waals surface area contributed by atoms with Gasteiger partial charge >= 0.3 is 0 Å². The summed E-state index contributed by atoms with van der Waals surface area (Å²) < 4.78 is 6.03. The number of carbonyl (C=O) groups is 1. The lowest BCUT2D eigenvalue weighted by molar-refractivity contribution is -0.108. The summed E-state index contributed by atoms with van der Waals surface area (Å²) in [4.78, 5) is 20.2. The van der Waals surface area contributed by atoms with E-state index in [2.05, 4.69) is 37.4 Å². The van der Waals surface area contributed by atoms with Crippen molar-refractivity contribution in [2.24, 2.45) is 5.73 Å². The third-order valence-electron chi connectivity index (χ3n) is 5.68. The average Bonchev–Trinajstić information content (AvgIpc) is 2.92. The minimum atomic E-state index is -0.312. The second-order valence-electron chi connectivity index (χ2n) is 8.62. The van der Waals surface area contributed by atoms with Crippen molar-refractivity contribution in [1.29, 1.82) is 0 Å². The van der Waals surface area contributed by atoms with E-state index >= 15 is 0 Å². The zero-order chi connectivity index (χ0) is 27.0. The van der Waals surface area contributed by atoms with Gasteiger partial charge in [-0.05, 0) is 67.6 Å². The van der Waals surface area contributed by atoms with Gasteiger partial charge in [0.25, 0.3) is 0 Å². The largest absolute Gasteiger partial charge is 0.471 e. The van der Waals surface area contributed by atoms with Gasteiger partial charge in [-0.2, -0.15) is 4.98 Å². The van der Waals surface area contributed by atoms with Crippen LogP contribution in [0, 0.1) is 0 Å². The van der Waals surface area contributed by atoms with Crippen molar-refractivity contribution in [1.82, 2.24) is 15.3 Å². The lowest BCUT2D eigenvalue weighted by atomic mass is 10.00. The minimum absolute atomic E-state index is 0.0660. The van der Waals surface area contributed by atoms with E-state index in [9.17, 15) is 9.90 Å². The Bertz CT molecular complexity index is 1180.